The molecule has 0 unspecified atom stereocenters. The molecule has 144 valence electrons. The number of carbonyl (C=O) groups is 1. The first-order chi connectivity index (χ1) is 13.1. The highest BCUT2D eigenvalue weighted by molar-refractivity contribution is 6.01. The first-order valence-corrected chi connectivity index (χ1v) is 9.73. The number of benzene rings is 2. The molecule has 0 heterocycles. The third-order valence-corrected chi connectivity index (χ3v) is 4.36. The first-order valence-electron chi connectivity index (χ1n) is 9.73. The second-order valence-corrected chi connectivity index (χ2v) is 6.93. The van der Waals surface area contributed by atoms with Crippen LogP contribution < -0.4 is 10.2 Å². The molecule has 0 aliphatic heterocycles. The third kappa shape index (κ3) is 7.26. The summed E-state index contributed by atoms with van der Waals surface area (Å²) in [6, 6.07) is 17.8. The van der Waals surface area contributed by atoms with Crippen molar-refractivity contribution in [3.8, 4) is 5.75 Å². The first kappa shape index (κ1) is 20.7. The summed E-state index contributed by atoms with van der Waals surface area (Å²) in [5, 5.41) is 4.35. The zero-order chi connectivity index (χ0) is 19.5. The van der Waals surface area contributed by atoms with Gasteiger partial charge in [0.1, 0.15) is 5.75 Å². The Morgan fingerprint density at radius 3 is 2.37 bits per heavy atom. The quantitative estimate of drug-likeness (QED) is 0.353. The van der Waals surface area contributed by atoms with Crippen LogP contribution in [0, 0.1) is 0 Å². The smallest absolute Gasteiger partial charge is 0.277 e. The molecule has 0 fully saturated rings. The number of rotatable bonds is 10. The number of amides is 1. The van der Waals surface area contributed by atoms with Gasteiger partial charge in [0, 0.05) is 0 Å². The highest BCUT2D eigenvalue weighted by Gasteiger charge is 2.07. The standard InChI is InChI=1S/C23H30N2O2/c1-4-5-7-12-22(20-10-8-6-9-11-20)24-25-23(26)17-27-21-15-13-19(14-16-21)18(2)3/h6,8-11,13-16,18H,4-5,7,12,17H2,1-3H3,(H,25,26). The summed E-state index contributed by atoms with van der Waals surface area (Å²) in [5.74, 6) is 0.900. The molecule has 0 aromatic heterocycles. The van der Waals surface area contributed by atoms with Crippen LogP contribution in [0.5, 0.6) is 5.75 Å². The van der Waals surface area contributed by atoms with E-state index in [0.29, 0.717) is 11.7 Å². The number of carbonyl (C=O) groups excluding carboxylic acids is 1. The third-order valence-electron chi connectivity index (χ3n) is 4.36. The summed E-state index contributed by atoms with van der Waals surface area (Å²) < 4.78 is 5.56. The summed E-state index contributed by atoms with van der Waals surface area (Å²) in [4.78, 5) is 12.1. The molecule has 0 saturated heterocycles. The maximum atomic E-state index is 12.1. The molecule has 4 nitrogen and oxygen atoms in total. The molecule has 0 atom stereocenters. The van der Waals surface area contributed by atoms with E-state index in [1.165, 1.54) is 5.56 Å². The van der Waals surface area contributed by atoms with Gasteiger partial charge in [0.15, 0.2) is 6.61 Å². The molecule has 4 heteroatoms. The van der Waals surface area contributed by atoms with Crippen molar-refractivity contribution in [2.45, 2.75) is 52.4 Å². The lowest BCUT2D eigenvalue weighted by atomic mass is 10.0. The average molecular weight is 367 g/mol. The maximum absolute atomic E-state index is 12.1. The summed E-state index contributed by atoms with van der Waals surface area (Å²) in [5.41, 5.74) is 5.82. The lowest BCUT2D eigenvalue weighted by Gasteiger charge is -2.09. The van der Waals surface area contributed by atoms with Crippen molar-refractivity contribution in [2.75, 3.05) is 6.61 Å². The molecule has 1 N–H and O–H groups in total. The van der Waals surface area contributed by atoms with E-state index in [-0.39, 0.29) is 12.5 Å². The summed E-state index contributed by atoms with van der Waals surface area (Å²) >= 11 is 0. The number of ether oxygens (including phenoxy) is 1. The van der Waals surface area contributed by atoms with E-state index < -0.39 is 0 Å². The van der Waals surface area contributed by atoms with Gasteiger partial charge in [-0.1, -0.05) is 76.1 Å². The Hall–Kier alpha value is -2.62. The zero-order valence-corrected chi connectivity index (χ0v) is 16.6. The number of hydrogen-bond acceptors (Lipinski definition) is 3. The van der Waals surface area contributed by atoms with Crippen molar-refractivity contribution < 1.29 is 9.53 Å². The van der Waals surface area contributed by atoms with Crippen molar-refractivity contribution in [2.24, 2.45) is 5.10 Å². The molecular weight excluding hydrogens is 336 g/mol. The van der Waals surface area contributed by atoms with Gasteiger partial charge >= 0.3 is 0 Å². The molecule has 2 aromatic rings. The number of hydrazone groups is 1. The molecule has 1 amide bonds. The van der Waals surface area contributed by atoms with Gasteiger partial charge < -0.3 is 4.74 Å². The van der Waals surface area contributed by atoms with Gasteiger partial charge in [-0.15, -0.1) is 0 Å². The predicted molar refractivity (Wildman–Crippen MR) is 111 cm³/mol. The highest BCUT2D eigenvalue weighted by atomic mass is 16.5. The second-order valence-electron chi connectivity index (χ2n) is 6.93. The fraction of sp³-hybridized carbons (Fsp3) is 0.391. The molecule has 2 rings (SSSR count). The van der Waals surface area contributed by atoms with Crippen LogP contribution in [0.3, 0.4) is 0 Å². The Balaban J connectivity index is 1.91. The van der Waals surface area contributed by atoms with Gasteiger partial charge in [-0.3, -0.25) is 4.79 Å². The van der Waals surface area contributed by atoms with Crippen LogP contribution >= 0.6 is 0 Å². The Bertz CT molecular complexity index is 722. The van der Waals surface area contributed by atoms with Crippen molar-refractivity contribution in [1.82, 2.24) is 5.43 Å². The maximum Gasteiger partial charge on any atom is 0.277 e. The molecule has 0 bridgehead atoms. The molecule has 0 saturated carbocycles. The summed E-state index contributed by atoms with van der Waals surface area (Å²) in [6.45, 7) is 6.41. The van der Waals surface area contributed by atoms with E-state index in [0.717, 1.165) is 37.0 Å². The Morgan fingerprint density at radius 1 is 1.04 bits per heavy atom. The van der Waals surface area contributed by atoms with E-state index in [1.54, 1.807) is 0 Å². The number of hydrogen-bond donors (Lipinski definition) is 1. The fourth-order valence-corrected chi connectivity index (χ4v) is 2.70. The SMILES string of the molecule is CCCCCC(=NNC(=O)COc1ccc(C(C)C)cc1)c1ccccc1. The highest BCUT2D eigenvalue weighted by Crippen LogP contribution is 2.18. The molecular formula is C23H30N2O2. The Morgan fingerprint density at radius 2 is 1.74 bits per heavy atom. The molecule has 0 radical (unpaired) electrons. The van der Waals surface area contributed by atoms with Crippen LogP contribution in [0.15, 0.2) is 59.7 Å². The lowest BCUT2D eigenvalue weighted by molar-refractivity contribution is -0.123. The van der Waals surface area contributed by atoms with Crippen molar-refractivity contribution >= 4 is 11.6 Å². The van der Waals surface area contributed by atoms with E-state index in [9.17, 15) is 4.79 Å². The topological polar surface area (TPSA) is 50.7 Å². The van der Waals surface area contributed by atoms with Crippen molar-refractivity contribution in [3.63, 3.8) is 0 Å². The molecule has 0 aliphatic carbocycles. The Kier molecular flexibility index (Phi) is 8.56. The minimum Gasteiger partial charge on any atom is -0.484 e. The predicted octanol–water partition coefficient (Wildman–Crippen LogP) is 5.29. The molecule has 27 heavy (non-hydrogen) atoms. The number of nitrogens with one attached hydrogen (secondary N) is 1. The van der Waals surface area contributed by atoms with Crippen LogP contribution in [0.2, 0.25) is 0 Å². The van der Waals surface area contributed by atoms with Gasteiger partial charge in [-0.2, -0.15) is 5.10 Å². The molecule has 0 aliphatic rings. The lowest BCUT2D eigenvalue weighted by Crippen LogP contribution is -2.26. The van der Waals surface area contributed by atoms with Gasteiger partial charge in [0.05, 0.1) is 5.71 Å². The van der Waals surface area contributed by atoms with Gasteiger partial charge in [0.25, 0.3) is 5.91 Å². The van der Waals surface area contributed by atoms with Gasteiger partial charge in [0.2, 0.25) is 0 Å². The minimum atomic E-state index is -0.258. The van der Waals surface area contributed by atoms with Crippen molar-refractivity contribution in [1.29, 1.82) is 0 Å². The molecule has 2 aromatic carbocycles. The monoisotopic (exact) mass is 366 g/mol. The second kappa shape index (κ2) is 11.2. The fourth-order valence-electron chi connectivity index (χ4n) is 2.70. The van der Waals surface area contributed by atoms with Crippen LogP contribution in [0.1, 0.15) is 63.5 Å². The average Bonchev–Trinajstić information content (AvgIpc) is 2.70. The van der Waals surface area contributed by atoms with Crippen LogP contribution in [-0.4, -0.2) is 18.2 Å². The van der Waals surface area contributed by atoms with E-state index >= 15 is 0 Å². The molecule has 0 spiro atoms. The van der Waals surface area contributed by atoms with Gasteiger partial charge in [-0.05, 0) is 42.0 Å². The van der Waals surface area contributed by atoms with Crippen LogP contribution in [0.4, 0.5) is 0 Å². The van der Waals surface area contributed by atoms with Crippen LogP contribution in [0.25, 0.3) is 0 Å². The largest absolute Gasteiger partial charge is 0.484 e. The van der Waals surface area contributed by atoms with E-state index in [2.05, 4.69) is 31.3 Å². The normalized spacial score (nSPS) is 11.5. The van der Waals surface area contributed by atoms with E-state index in [1.807, 2.05) is 54.6 Å². The number of nitrogens with zero attached hydrogens (tertiary/aromatic N) is 1. The minimum absolute atomic E-state index is 0.0540. The summed E-state index contributed by atoms with van der Waals surface area (Å²) in [6.07, 6.45) is 4.20. The van der Waals surface area contributed by atoms with Crippen molar-refractivity contribution in [3.05, 3.63) is 65.7 Å². The van der Waals surface area contributed by atoms with Crippen LogP contribution in [-0.2, 0) is 4.79 Å². The van der Waals surface area contributed by atoms with Gasteiger partial charge in [-0.25, -0.2) is 5.43 Å². The number of unbranched alkanes of at least 4 members (excludes halogenated alkanes) is 2. The van der Waals surface area contributed by atoms with E-state index in [4.69, 9.17) is 4.74 Å². The zero-order valence-electron chi connectivity index (χ0n) is 16.6. The Labute approximate surface area is 162 Å². The summed E-state index contributed by atoms with van der Waals surface area (Å²) in [7, 11) is 0.